The van der Waals surface area contributed by atoms with Crippen molar-refractivity contribution in [1.82, 2.24) is 5.32 Å². The third-order valence-corrected chi connectivity index (χ3v) is 2.80. The minimum atomic E-state index is -4.05. The van der Waals surface area contributed by atoms with Gasteiger partial charge in [-0.25, -0.2) is 0 Å². The Morgan fingerprint density at radius 1 is 1.24 bits per heavy atom. The van der Waals surface area contributed by atoms with Crippen molar-refractivity contribution in [1.29, 1.82) is 0 Å². The van der Waals surface area contributed by atoms with Crippen LogP contribution in [0.15, 0.2) is 0 Å². The van der Waals surface area contributed by atoms with Crippen molar-refractivity contribution in [3.63, 3.8) is 0 Å². The molecule has 0 saturated heterocycles. The van der Waals surface area contributed by atoms with Crippen LogP contribution < -0.4 is 5.32 Å². The Labute approximate surface area is 102 Å². The molecule has 0 bridgehead atoms. The summed E-state index contributed by atoms with van der Waals surface area (Å²) in [4.78, 5) is 0. The SMILES string of the molecule is CCNC(CCCC(F)(F)F)CC(C)(C)OC. The number of hydrogen-bond donors (Lipinski definition) is 1. The molecule has 0 heterocycles. The van der Waals surface area contributed by atoms with Gasteiger partial charge in [-0.2, -0.15) is 13.2 Å². The number of methoxy groups -OCH3 is 1. The molecular weight excluding hydrogens is 231 g/mol. The zero-order valence-electron chi connectivity index (χ0n) is 11.2. The van der Waals surface area contributed by atoms with Crippen LogP contribution >= 0.6 is 0 Å². The number of rotatable bonds is 8. The van der Waals surface area contributed by atoms with Crippen LogP contribution in [-0.4, -0.2) is 31.5 Å². The van der Waals surface area contributed by atoms with Gasteiger partial charge < -0.3 is 10.1 Å². The van der Waals surface area contributed by atoms with E-state index in [1.54, 1.807) is 7.11 Å². The first kappa shape index (κ1) is 16.7. The van der Waals surface area contributed by atoms with E-state index in [2.05, 4.69) is 5.32 Å². The Morgan fingerprint density at radius 2 is 1.82 bits per heavy atom. The molecule has 0 rings (SSSR count). The second kappa shape index (κ2) is 7.21. The predicted molar refractivity (Wildman–Crippen MR) is 63.1 cm³/mol. The van der Waals surface area contributed by atoms with E-state index < -0.39 is 12.6 Å². The second-order valence-electron chi connectivity index (χ2n) is 4.93. The molecular formula is C12H24F3NO. The van der Waals surface area contributed by atoms with E-state index >= 15 is 0 Å². The summed E-state index contributed by atoms with van der Waals surface area (Å²) in [6.07, 6.45) is -3.34. The molecule has 0 aliphatic rings. The highest BCUT2D eigenvalue weighted by Gasteiger charge is 2.28. The van der Waals surface area contributed by atoms with E-state index in [4.69, 9.17) is 4.74 Å². The molecule has 0 amide bonds. The van der Waals surface area contributed by atoms with E-state index in [1.165, 1.54) is 0 Å². The van der Waals surface area contributed by atoms with Gasteiger partial charge in [0.05, 0.1) is 5.60 Å². The lowest BCUT2D eigenvalue weighted by Gasteiger charge is -2.29. The Hall–Kier alpha value is -0.290. The lowest BCUT2D eigenvalue weighted by molar-refractivity contribution is -0.136. The molecule has 0 aliphatic heterocycles. The maximum Gasteiger partial charge on any atom is 0.389 e. The van der Waals surface area contributed by atoms with Gasteiger partial charge in [0, 0.05) is 19.6 Å². The minimum Gasteiger partial charge on any atom is -0.379 e. The summed E-state index contributed by atoms with van der Waals surface area (Å²) in [6, 6.07) is 0.0808. The van der Waals surface area contributed by atoms with Crippen molar-refractivity contribution in [3.05, 3.63) is 0 Å². The maximum absolute atomic E-state index is 12.1. The third-order valence-electron chi connectivity index (χ3n) is 2.80. The van der Waals surface area contributed by atoms with Gasteiger partial charge in [-0.05, 0) is 39.7 Å². The van der Waals surface area contributed by atoms with E-state index in [0.29, 0.717) is 6.42 Å². The van der Waals surface area contributed by atoms with Crippen LogP contribution in [0.4, 0.5) is 13.2 Å². The lowest BCUT2D eigenvalue weighted by Crippen LogP contribution is -2.37. The zero-order valence-corrected chi connectivity index (χ0v) is 11.2. The number of nitrogens with one attached hydrogen (secondary N) is 1. The van der Waals surface area contributed by atoms with Gasteiger partial charge in [0.25, 0.3) is 0 Å². The van der Waals surface area contributed by atoms with Crippen molar-refractivity contribution >= 4 is 0 Å². The Bertz CT molecular complexity index is 204. The fraction of sp³-hybridized carbons (Fsp3) is 1.00. The highest BCUT2D eigenvalue weighted by Crippen LogP contribution is 2.24. The van der Waals surface area contributed by atoms with Gasteiger partial charge in [-0.15, -0.1) is 0 Å². The van der Waals surface area contributed by atoms with Crippen molar-refractivity contribution in [2.75, 3.05) is 13.7 Å². The smallest absolute Gasteiger partial charge is 0.379 e. The van der Waals surface area contributed by atoms with Gasteiger partial charge in [-0.3, -0.25) is 0 Å². The van der Waals surface area contributed by atoms with Crippen LogP contribution in [0.2, 0.25) is 0 Å². The summed E-state index contributed by atoms with van der Waals surface area (Å²) >= 11 is 0. The van der Waals surface area contributed by atoms with E-state index in [9.17, 15) is 13.2 Å². The van der Waals surface area contributed by atoms with Crippen LogP contribution in [0, 0.1) is 0 Å². The summed E-state index contributed by atoms with van der Waals surface area (Å²) in [5, 5.41) is 3.21. The van der Waals surface area contributed by atoms with Gasteiger partial charge in [0.1, 0.15) is 0 Å². The fourth-order valence-corrected chi connectivity index (χ4v) is 1.79. The molecule has 2 nitrogen and oxygen atoms in total. The highest BCUT2D eigenvalue weighted by atomic mass is 19.4. The molecule has 17 heavy (non-hydrogen) atoms. The summed E-state index contributed by atoms with van der Waals surface area (Å²) in [5.41, 5.74) is -0.301. The Kier molecular flexibility index (Phi) is 7.09. The summed E-state index contributed by atoms with van der Waals surface area (Å²) in [5.74, 6) is 0. The quantitative estimate of drug-likeness (QED) is 0.716. The van der Waals surface area contributed by atoms with Gasteiger partial charge in [-0.1, -0.05) is 6.92 Å². The number of ether oxygens (including phenoxy) is 1. The average Bonchev–Trinajstić information content (AvgIpc) is 2.15. The molecule has 5 heteroatoms. The standard InChI is InChI=1S/C12H24F3NO/c1-5-16-10(9-11(2,3)17-4)7-6-8-12(13,14)15/h10,16H,5-9H2,1-4H3. The van der Waals surface area contributed by atoms with E-state index in [0.717, 1.165) is 13.0 Å². The molecule has 1 atom stereocenters. The number of alkyl halides is 3. The zero-order chi connectivity index (χ0) is 13.5. The molecule has 0 aliphatic carbocycles. The van der Waals surface area contributed by atoms with Crippen LogP contribution in [0.5, 0.6) is 0 Å². The minimum absolute atomic E-state index is 0.0808. The van der Waals surface area contributed by atoms with Crippen LogP contribution in [0.25, 0.3) is 0 Å². The molecule has 0 fully saturated rings. The monoisotopic (exact) mass is 255 g/mol. The first-order valence-electron chi connectivity index (χ1n) is 6.05. The first-order valence-corrected chi connectivity index (χ1v) is 6.05. The Morgan fingerprint density at radius 3 is 2.24 bits per heavy atom. The Balaban J connectivity index is 4.07. The molecule has 104 valence electrons. The number of halogens is 3. The van der Waals surface area contributed by atoms with E-state index in [1.807, 2.05) is 20.8 Å². The van der Waals surface area contributed by atoms with Crippen molar-refractivity contribution in [2.45, 2.75) is 64.3 Å². The largest absolute Gasteiger partial charge is 0.389 e. The van der Waals surface area contributed by atoms with Gasteiger partial charge in [0.2, 0.25) is 0 Å². The summed E-state index contributed by atoms with van der Waals surface area (Å²) in [7, 11) is 1.62. The van der Waals surface area contributed by atoms with Crippen molar-refractivity contribution in [2.24, 2.45) is 0 Å². The molecule has 0 saturated carbocycles. The molecule has 0 aromatic rings. The van der Waals surface area contributed by atoms with Crippen LogP contribution in [0.3, 0.4) is 0 Å². The predicted octanol–water partition coefficient (Wildman–Crippen LogP) is 3.51. The summed E-state index contributed by atoms with van der Waals surface area (Å²) < 4.78 is 41.5. The van der Waals surface area contributed by atoms with Crippen molar-refractivity contribution in [3.8, 4) is 0 Å². The molecule has 0 aromatic heterocycles. The normalized spacial score (nSPS) is 15.0. The maximum atomic E-state index is 12.1. The topological polar surface area (TPSA) is 21.3 Å². The fourth-order valence-electron chi connectivity index (χ4n) is 1.79. The van der Waals surface area contributed by atoms with Crippen LogP contribution in [-0.2, 0) is 4.74 Å². The molecule has 0 aromatic carbocycles. The third kappa shape index (κ3) is 9.41. The van der Waals surface area contributed by atoms with Gasteiger partial charge in [0.15, 0.2) is 0 Å². The van der Waals surface area contributed by atoms with E-state index in [-0.39, 0.29) is 18.1 Å². The second-order valence-corrected chi connectivity index (χ2v) is 4.93. The summed E-state index contributed by atoms with van der Waals surface area (Å²) in [6.45, 7) is 6.61. The molecule has 0 spiro atoms. The molecule has 0 radical (unpaired) electrons. The molecule has 1 unspecified atom stereocenters. The average molecular weight is 255 g/mol. The first-order chi connectivity index (χ1) is 7.70. The van der Waals surface area contributed by atoms with Gasteiger partial charge >= 0.3 is 6.18 Å². The highest BCUT2D eigenvalue weighted by molar-refractivity contribution is 4.78. The lowest BCUT2D eigenvalue weighted by atomic mass is 9.95. The molecule has 1 N–H and O–H groups in total. The van der Waals surface area contributed by atoms with Crippen LogP contribution in [0.1, 0.15) is 46.5 Å². The number of hydrogen-bond acceptors (Lipinski definition) is 2. The van der Waals surface area contributed by atoms with Crippen molar-refractivity contribution < 1.29 is 17.9 Å².